The Labute approximate surface area is 62.1 Å². The molecule has 0 unspecified atom stereocenters. The molecule has 3 heteroatoms. The lowest BCUT2D eigenvalue weighted by atomic mass is 9.97. The van der Waals surface area contributed by atoms with Crippen LogP contribution in [0.3, 0.4) is 0 Å². The molecule has 0 saturated heterocycles. The molecule has 0 aromatic carbocycles. The number of aryl methyl sites for hydroxylation is 1. The molecule has 0 aliphatic rings. The molecule has 52 valence electrons. The van der Waals surface area contributed by atoms with E-state index in [4.69, 9.17) is 12.3 Å². The van der Waals surface area contributed by atoms with Crippen molar-refractivity contribution in [3.8, 4) is 0 Å². The molecular weight excluding hydrogens is 125 g/mol. The minimum atomic E-state index is 0.321. The molecule has 0 amide bonds. The van der Waals surface area contributed by atoms with Gasteiger partial charge < -0.3 is 4.42 Å². The summed E-state index contributed by atoms with van der Waals surface area (Å²) in [5, 5.41) is 0. The van der Waals surface area contributed by atoms with Crippen molar-refractivity contribution in [3.05, 3.63) is 11.7 Å². The van der Waals surface area contributed by atoms with E-state index in [1.807, 2.05) is 13.8 Å². The van der Waals surface area contributed by atoms with Gasteiger partial charge in [-0.1, -0.05) is 13.8 Å². The topological polar surface area (TPSA) is 26.0 Å². The minimum Gasteiger partial charge on any atom is -0.446 e. The maximum absolute atomic E-state index is 5.54. The number of hydrogen-bond acceptors (Lipinski definition) is 2. The molecule has 1 aromatic heterocycles. The Morgan fingerprint density at radius 2 is 2.10 bits per heavy atom. The standard InChI is InChI=1S/C7H10BNO/c1-4(2)6-7(8)9-5(3)10-6/h4H,1-3H3. The van der Waals surface area contributed by atoms with E-state index in [1.54, 1.807) is 6.92 Å². The van der Waals surface area contributed by atoms with Crippen LogP contribution in [0.25, 0.3) is 0 Å². The summed E-state index contributed by atoms with van der Waals surface area (Å²) in [6, 6.07) is 0. The van der Waals surface area contributed by atoms with Crippen molar-refractivity contribution >= 4 is 13.4 Å². The third-order valence-corrected chi connectivity index (χ3v) is 1.31. The second kappa shape index (κ2) is 2.49. The Bertz CT molecular complexity index is 230. The summed E-state index contributed by atoms with van der Waals surface area (Å²) in [6.45, 7) is 5.84. The normalized spacial score (nSPS) is 10.8. The van der Waals surface area contributed by atoms with Gasteiger partial charge in [-0.3, -0.25) is 0 Å². The van der Waals surface area contributed by atoms with Crippen LogP contribution >= 0.6 is 0 Å². The Balaban J connectivity index is 3.03. The van der Waals surface area contributed by atoms with E-state index in [2.05, 4.69) is 4.98 Å². The van der Waals surface area contributed by atoms with Gasteiger partial charge in [0.25, 0.3) is 0 Å². The second-order valence-electron chi connectivity index (χ2n) is 2.64. The molecule has 1 aromatic rings. The molecule has 1 heterocycles. The SMILES string of the molecule is [B]c1nc(C)oc1C(C)C. The van der Waals surface area contributed by atoms with Crippen LogP contribution in [0.5, 0.6) is 0 Å². The largest absolute Gasteiger partial charge is 0.446 e. The molecule has 0 spiro atoms. The maximum atomic E-state index is 5.54. The van der Waals surface area contributed by atoms with Gasteiger partial charge in [-0.25, -0.2) is 4.98 Å². The molecule has 0 bridgehead atoms. The van der Waals surface area contributed by atoms with E-state index < -0.39 is 0 Å². The Kier molecular flexibility index (Phi) is 1.83. The van der Waals surface area contributed by atoms with Crippen LogP contribution in [0, 0.1) is 6.92 Å². The van der Waals surface area contributed by atoms with E-state index >= 15 is 0 Å². The van der Waals surface area contributed by atoms with Crippen LogP contribution < -0.4 is 5.59 Å². The first-order valence-corrected chi connectivity index (χ1v) is 3.34. The van der Waals surface area contributed by atoms with Crippen LogP contribution in [0.15, 0.2) is 4.42 Å². The number of oxazole rings is 1. The van der Waals surface area contributed by atoms with Gasteiger partial charge in [0.1, 0.15) is 13.6 Å². The third kappa shape index (κ3) is 1.23. The number of rotatable bonds is 1. The zero-order valence-electron chi connectivity index (χ0n) is 6.51. The Morgan fingerprint density at radius 3 is 2.30 bits per heavy atom. The average molecular weight is 135 g/mol. The van der Waals surface area contributed by atoms with Crippen molar-refractivity contribution < 1.29 is 4.42 Å². The highest BCUT2D eigenvalue weighted by Crippen LogP contribution is 2.11. The molecule has 0 N–H and O–H groups in total. The number of hydrogen-bond donors (Lipinski definition) is 0. The first-order valence-electron chi connectivity index (χ1n) is 3.34. The zero-order valence-corrected chi connectivity index (χ0v) is 6.51. The highest BCUT2D eigenvalue weighted by atomic mass is 16.4. The first kappa shape index (κ1) is 7.38. The summed E-state index contributed by atoms with van der Waals surface area (Å²) in [6.07, 6.45) is 0. The lowest BCUT2D eigenvalue weighted by Crippen LogP contribution is -2.10. The molecule has 10 heavy (non-hydrogen) atoms. The smallest absolute Gasteiger partial charge is 0.190 e. The van der Waals surface area contributed by atoms with Gasteiger partial charge >= 0.3 is 0 Å². The maximum Gasteiger partial charge on any atom is 0.190 e. The van der Waals surface area contributed by atoms with E-state index in [0.29, 0.717) is 17.4 Å². The zero-order chi connectivity index (χ0) is 7.72. The minimum absolute atomic E-state index is 0.321. The molecule has 1 rings (SSSR count). The van der Waals surface area contributed by atoms with E-state index in [0.717, 1.165) is 5.76 Å². The van der Waals surface area contributed by atoms with E-state index in [-0.39, 0.29) is 0 Å². The highest BCUT2D eigenvalue weighted by molar-refractivity contribution is 6.31. The fraction of sp³-hybridized carbons (Fsp3) is 0.571. The van der Waals surface area contributed by atoms with Gasteiger partial charge in [-0.05, 0) is 0 Å². The van der Waals surface area contributed by atoms with Crippen LogP contribution in [-0.2, 0) is 0 Å². The van der Waals surface area contributed by atoms with Crippen molar-refractivity contribution in [2.75, 3.05) is 0 Å². The Hall–Kier alpha value is -0.725. The monoisotopic (exact) mass is 135 g/mol. The van der Waals surface area contributed by atoms with Crippen LogP contribution in [0.2, 0.25) is 0 Å². The van der Waals surface area contributed by atoms with Crippen LogP contribution in [-0.4, -0.2) is 12.8 Å². The van der Waals surface area contributed by atoms with Gasteiger partial charge in [0.2, 0.25) is 0 Å². The lowest BCUT2D eigenvalue weighted by molar-refractivity contribution is 0.458. The Morgan fingerprint density at radius 1 is 1.50 bits per heavy atom. The molecule has 2 radical (unpaired) electrons. The lowest BCUT2D eigenvalue weighted by Gasteiger charge is -1.98. The van der Waals surface area contributed by atoms with Crippen molar-refractivity contribution in [3.63, 3.8) is 0 Å². The first-order chi connectivity index (χ1) is 4.61. The van der Waals surface area contributed by atoms with Gasteiger partial charge in [0, 0.05) is 18.4 Å². The molecule has 0 fully saturated rings. The summed E-state index contributed by atoms with van der Waals surface area (Å²) in [5.74, 6) is 1.75. The van der Waals surface area contributed by atoms with Gasteiger partial charge in [-0.15, -0.1) is 0 Å². The summed E-state index contributed by atoms with van der Waals surface area (Å²) < 4.78 is 5.24. The van der Waals surface area contributed by atoms with Crippen LogP contribution in [0.4, 0.5) is 0 Å². The molecule has 2 nitrogen and oxygen atoms in total. The van der Waals surface area contributed by atoms with Gasteiger partial charge in [0.05, 0.1) is 0 Å². The van der Waals surface area contributed by atoms with Crippen LogP contribution in [0.1, 0.15) is 31.4 Å². The predicted octanol–water partition coefficient (Wildman–Crippen LogP) is 0.900. The van der Waals surface area contributed by atoms with E-state index in [1.165, 1.54) is 0 Å². The molecule has 0 atom stereocenters. The van der Waals surface area contributed by atoms with Crippen molar-refractivity contribution in [2.45, 2.75) is 26.7 Å². The van der Waals surface area contributed by atoms with E-state index in [9.17, 15) is 0 Å². The fourth-order valence-electron chi connectivity index (χ4n) is 0.873. The number of nitrogens with zero attached hydrogens (tertiary/aromatic N) is 1. The predicted molar refractivity (Wildman–Crippen MR) is 40.7 cm³/mol. The molecule has 0 aliphatic heterocycles. The van der Waals surface area contributed by atoms with Crippen molar-refractivity contribution in [2.24, 2.45) is 0 Å². The summed E-state index contributed by atoms with van der Waals surface area (Å²) in [5.41, 5.74) is 0.521. The van der Waals surface area contributed by atoms with Gasteiger partial charge in [-0.2, -0.15) is 0 Å². The summed E-state index contributed by atoms with van der Waals surface area (Å²) in [7, 11) is 5.54. The van der Waals surface area contributed by atoms with Gasteiger partial charge in [0.15, 0.2) is 5.89 Å². The molecular formula is C7H10BNO. The van der Waals surface area contributed by atoms with Crippen molar-refractivity contribution in [1.82, 2.24) is 4.98 Å². The molecule has 0 saturated carbocycles. The average Bonchev–Trinajstić information content (AvgIpc) is 2.10. The second-order valence-corrected chi connectivity index (χ2v) is 2.64. The summed E-state index contributed by atoms with van der Waals surface area (Å²) in [4.78, 5) is 3.94. The summed E-state index contributed by atoms with van der Waals surface area (Å²) >= 11 is 0. The molecule has 0 aliphatic carbocycles. The highest BCUT2D eigenvalue weighted by Gasteiger charge is 2.08. The third-order valence-electron chi connectivity index (χ3n) is 1.31. The number of aromatic nitrogens is 1. The fourth-order valence-corrected chi connectivity index (χ4v) is 0.873. The quantitative estimate of drug-likeness (QED) is 0.534. The van der Waals surface area contributed by atoms with Crippen molar-refractivity contribution in [1.29, 1.82) is 0 Å².